The molecule has 0 spiro atoms. The minimum Gasteiger partial charge on any atom is -0.326 e. The topological polar surface area (TPSA) is 87.7 Å². The number of H-pyrrole nitrogens is 1. The first-order chi connectivity index (χ1) is 12.6. The van der Waals surface area contributed by atoms with E-state index in [-0.39, 0.29) is 23.0 Å². The van der Waals surface area contributed by atoms with Crippen LogP contribution in [0.2, 0.25) is 0 Å². The molecule has 1 aliphatic rings. The van der Waals surface area contributed by atoms with Crippen LogP contribution >= 0.6 is 23.1 Å². The van der Waals surface area contributed by atoms with Crippen molar-refractivity contribution in [2.24, 2.45) is 0 Å². The lowest BCUT2D eigenvalue weighted by molar-refractivity contribution is -0.116. The SMILES string of the molecule is O=C1CCc2cc(C(=O)CSc3n[nH]c(-c4cccs4)n3)c(F)cc2N1. The molecule has 9 heteroatoms. The third kappa shape index (κ3) is 3.40. The minimum absolute atomic E-state index is 0.0291. The number of fused-ring (bicyclic) bond motifs is 1. The summed E-state index contributed by atoms with van der Waals surface area (Å²) in [4.78, 5) is 29.1. The number of hydrogen-bond donors (Lipinski definition) is 2. The fraction of sp³-hybridized carbons (Fsp3) is 0.176. The third-order valence-electron chi connectivity index (χ3n) is 3.94. The fourth-order valence-corrected chi connectivity index (χ4v) is 4.00. The molecule has 0 aliphatic carbocycles. The predicted octanol–water partition coefficient (Wildman–Crippen LogP) is 3.53. The van der Waals surface area contributed by atoms with Crippen molar-refractivity contribution in [2.45, 2.75) is 18.0 Å². The largest absolute Gasteiger partial charge is 0.326 e. The van der Waals surface area contributed by atoms with E-state index in [1.165, 1.54) is 23.5 Å². The van der Waals surface area contributed by atoms with E-state index in [1.807, 2.05) is 17.5 Å². The van der Waals surface area contributed by atoms with Crippen LogP contribution in [-0.2, 0) is 11.2 Å². The molecule has 0 fully saturated rings. The normalized spacial score (nSPS) is 13.3. The highest BCUT2D eigenvalue weighted by Crippen LogP contribution is 2.28. The molecular weight excluding hydrogens is 375 g/mol. The van der Waals surface area contributed by atoms with Gasteiger partial charge in [-0.3, -0.25) is 14.7 Å². The molecule has 3 heterocycles. The molecule has 0 unspecified atom stereocenters. The van der Waals surface area contributed by atoms with Gasteiger partial charge in [0.1, 0.15) is 5.82 Å². The number of aryl methyl sites for hydroxylation is 1. The van der Waals surface area contributed by atoms with Gasteiger partial charge in [-0.15, -0.1) is 16.4 Å². The van der Waals surface area contributed by atoms with Crippen molar-refractivity contribution in [1.29, 1.82) is 0 Å². The lowest BCUT2D eigenvalue weighted by Crippen LogP contribution is -2.20. The van der Waals surface area contributed by atoms with Gasteiger partial charge >= 0.3 is 0 Å². The van der Waals surface area contributed by atoms with Gasteiger partial charge in [0.05, 0.1) is 16.2 Å². The number of halogens is 1. The van der Waals surface area contributed by atoms with Crippen LogP contribution in [0.5, 0.6) is 0 Å². The molecular formula is C17H13FN4O2S2. The summed E-state index contributed by atoms with van der Waals surface area (Å²) in [5.74, 6) is -0.437. The number of hydrogen-bond acceptors (Lipinski definition) is 6. The van der Waals surface area contributed by atoms with E-state index in [4.69, 9.17) is 0 Å². The molecule has 1 amide bonds. The number of anilines is 1. The number of aromatic amines is 1. The van der Waals surface area contributed by atoms with E-state index in [9.17, 15) is 14.0 Å². The molecule has 132 valence electrons. The maximum atomic E-state index is 14.3. The maximum absolute atomic E-state index is 14.3. The number of carbonyl (C=O) groups is 2. The highest BCUT2D eigenvalue weighted by atomic mass is 32.2. The van der Waals surface area contributed by atoms with Crippen LogP contribution in [0.25, 0.3) is 10.7 Å². The smallest absolute Gasteiger partial charge is 0.224 e. The van der Waals surface area contributed by atoms with Crippen LogP contribution in [0.4, 0.5) is 10.1 Å². The first-order valence-corrected chi connectivity index (χ1v) is 9.71. The molecule has 2 aromatic heterocycles. The lowest BCUT2D eigenvalue weighted by atomic mass is 9.98. The standard InChI is InChI=1S/C17H13FN4O2S2/c18-11-7-12-9(3-4-15(24)19-12)6-10(11)13(23)8-26-17-20-16(21-22-17)14-2-1-5-25-14/h1-2,5-7H,3-4,8H2,(H,19,24)(H,20,21,22). The number of rotatable bonds is 5. The Hall–Kier alpha value is -2.52. The van der Waals surface area contributed by atoms with Gasteiger partial charge in [0.2, 0.25) is 11.1 Å². The zero-order chi connectivity index (χ0) is 18.1. The van der Waals surface area contributed by atoms with E-state index in [0.717, 1.165) is 22.2 Å². The molecule has 1 aromatic carbocycles. The Morgan fingerprint density at radius 2 is 2.23 bits per heavy atom. The molecule has 0 atom stereocenters. The number of ketones is 1. The highest BCUT2D eigenvalue weighted by Gasteiger charge is 2.21. The molecule has 4 rings (SSSR count). The second kappa shape index (κ2) is 7.00. The van der Waals surface area contributed by atoms with Crippen molar-refractivity contribution >= 4 is 40.5 Å². The summed E-state index contributed by atoms with van der Waals surface area (Å²) in [5, 5.41) is 11.9. The summed E-state index contributed by atoms with van der Waals surface area (Å²) < 4.78 is 14.3. The average molecular weight is 388 g/mol. The third-order valence-corrected chi connectivity index (χ3v) is 5.66. The number of nitrogens with zero attached hydrogens (tertiary/aromatic N) is 2. The molecule has 2 N–H and O–H groups in total. The Balaban J connectivity index is 1.46. The zero-order valence-corrected chi connectivity index (χ0v) is 15.0. The Morgan fingerprint density at radius 1 is 1.35 bits per heavy atom. The average Bonchev–Trinajstić information content (AvgIpc) is 3.30. The van der Waals surface area contributed by atoms with E-state index in [0.29, 0.717) is 29.5 Å². The van der Waals surface area contributed by atoms with Gasteiger partial charge in [0.25, 0.3) is 0 Å². The van der Waals surface area contributed by atoms with E-state index >= 15 is 0 Å². The Bertz CT molecular complexity index is 985. The zero-order valence-electron chi connectivity index (χ0n) is 13.4. The summed E-state index contributed by atoms with van der Waals surface area (Å²) in [5.41, 5.74) is 1.25. The number of benzene rings is 1. The first kappa shape index (κ1) is 16.9. The molecule has 3 aromatic rings. The van der Waals surface area contributed by atoms with E-state index < -0.39 is 5.82 Å². The van der Waals surface area contributed by atoms with Gasteiger partial charge in [-0.05, 0) is 35.6 Å². The molecule has 0 radical (unpaired) electrons. The van der Waals surface area contributed by atoms with Crippen molar-refractivity contribution in [2.75, 3.05) is 11.1 Å². The molecule has 0 bridgehead atoms. The number of aromatic nitrogens is 3. The van der Waals surface area contributed by atoms with Gasteiger partial charge < -0.3 is 5.32 Å². The summed E-state index contributed by atoms with van der Waals surface area (Å²) in [6, 6.07) is 6.58. The van der Waals surface area contributed by atoms with Gasteiger partial charge in [0, 0.05) is 12.1 Å². The van der Waals surface area contributed by atoms with Crippen LogP contribution in [0.3, 0.4) is 0 Å². The van der Waals surface area contributed by atoms with Crippen molar-refractivity contribution < 1.29 is 14.0 Å². The van der Waals surface area contributed by atoms with Gasteiger partial charge in [-0.25, -0.2) is 9.37 Å². The number of Topliss-reactive ketones (excluding diaryl/α,β-unsaturated/α-hetero) is 1. The van der Waals surface area contributed by atoms with Gasteiger partial charge in [0.15, 0.2) is 11.6 Å². The van der Waals surface area contributed by atoms with Gasteiger partial charge in [-0.2, -0.15) is 0 Å². The van der Waals surface area contributed by atoms with E-state index in [1.54, 1.807) is 0 Å². The fourth-order valence-electron chi connectivity index (χ4n) is 2.66. The summed E-state index contributed by atoms with van der Waals surface area (Å²) in [7, 11) is 0. The van der Waals surface area contributed by atoms with Crippen LogP contribution < -0.4 is 5.32 Å². The van der Waals surface area contributed by atoms with Crippen LogP contribution in [0, 0.1) is 5.82 Å². The minimum atomic E-state index is -0.634. The first-order valence-electron chi connectivity index (χ1n) is 7.84. The van der Waals surface area contributed by atoms with Gasteiger partial charge in [-0.1, -0.05) is 17.8 Å². The second-order valence-corrected chi connectivity index (χ2v) is 7.58. The van der Waals surface area contributed by atoms with Crippen molar-refractivity contribution in [3.63, 3.8) is 0 Å². The molecule has 0 saturated heterocycles. The van der Waals surface area contributed by atoms with Crippen molar-refractivity contribution in [1.82, 2.24) is 15.2 Å². The quantitative estimate of drug-likeness (QED) is 0.516. The molecule has 26 heavy (non-hydrogen) atoms. The Morgan fingerprint density at radius 3 is 3.04 bits per heavy atom. The molecule has 0 saturated carbocycles. The lowest BCUT2D eigenvalue weighted by Gasteiger charge is -2.17. The number of amides is 1. The Labute approximate surface area is 156 Å². The monoisotopic (exact) mass is 388 g/mol. The predicted molar refractivity (Wildman–Crippen MR) is 98.1 cm³/mol. The summed E-state index contributed by atoms with van der Waals surface area (Å²) in [6.07, 6.45) is 0.837. The van der Waals surface area contributed by atoms with Crippen molar-refractivity contribution in [3.8, 4) is 10.7 Å². The summed E-state index contributed by atoms with van der Waals surface area (Å²) >= 11 is 2.69. The van der Waals surface area contributed by atoms with Crippen LogP contribution in [0.15, 0.2) is 34.8 Å². The summed E-state index contributed by atoms with van der Waals surface area (Å²) in [6.45, 7) is 0. The Kier molecular flexibility index (Phi) is 4.56. The van der Waals surface area contributed by atoms with Crippen LogP contribution in [0.1, 0.15) is 22.3 Å². The maximum Gasteiger partial charge on any atom is 0.224 e. The van der Waals surface area contributed by atoms with Crippen molar-refractivity contribution in [3.05, 3.63) is 46.6 Å². The van der Waals surface area contributed by atoms with E-state index in [2.05, 4.69) is 20.5 Å². The second-order valence-electron chi connectivity index (χ2n) is 5.69. The molecule has 1 aliphatic heterocycles. The highest BCUT2D eigenvalue weighted by molar-refractivity contribution is 7.99. The number of thioether (sulfide) groups is 1. The number of nitrogens with one attached hydrogen (secondary N) is 2. The molecule has 6 nitrogen and oxygen atoms in total. The number of carbonyl (C=O) groups excluding carboxylic acids is 2. The van der Waals surface area contributed by atoms with Crippen LogP contribution in [-0.4, -0.2) is 32.6 Å². The number of thiophene rings is 1.